The molecule has 0 aliphatic heterocycles. The van der Waals surface area contributed by atoms with Crippen molar-refractivity contribution in [3.63, 3.8) is 0 Å². The van der Waals surface area contributed by atoms with Crippen LogP contribution in [0.25, 0.3) is 0 Å². The molecule has 0 radical (unpaired) electrons. The fourth-order valence-electron chi connectivity index (χ4n) is 3.32. The van der Waals surface area contributed by atoms with Gasteiger partial charge in [0.2, 0.25) is 5.75 Å². The predicted molar refractivity (Wildman–Crippen MR) is 121 cm³/mol. The van der Waals surface area contributed by atoms with Crippen molar-refractivity contribution in [2.75, 3.05) is 6.61 Å². The van der Waals surface area contributed by atoms with E-state index in [2.05, 4.69) is 16.9 Å². The normalized spacial score (nSPS) is 10.9. The van der Waals surface area contributed by atoms with Gasteiger partial charge in [0.1, 0.15) is 0 Å². The molecule has 1 aromatic heterocycles. The number of nitro benzene ring substituents is 1. The van der Waals surface area contributed by atoms with Gasteiger partial charge in [-0.05, 0) is 26.7 Å². The van der Waals surface area contributed by atoms with Crippen molar-refractivity contribution < 1.29 is 9.66 Å². The number of para-hydroxylation sites is 1. The van der Waals surface area contributed by atoms with Crippen molar-refractivity contribution in [3.8, 4) is 5.75 Å². The number of unbranched alkanes of at least 4 members (excludes halogenated alkanes) is 5. The van der Waals surface area contributed by atoms with E-state index in [0.29, 0.717) is 23.1 Å². The first-order valence-corrected chi connectivity index (χ1v) is 11.6. The van der Waals surface area contributed by atoms with Crippen molar-refractivity contribution >= 4 is 17.4 Å². The van der Waals surface area contributed by atoms with Crippen molar-refractivity contribution in [1.29, 1.82) is 0 Å². The molecule has 0 spiro atoms. The van der Waals surface area contributed by atoms with E-state index >= 15 is 0 Å². The lowest BCUT2D eigenvalue weighted by molar-refractivity contribution is -0.385. The first-order valence-electron chi connectivity index (χ1n) is 10.6. The molecule has 1 N–H and O–H groups in total. The Morgan fingerprint density at radius 1 is 1.17 bits per heavy atom. The maximum absolute atomic E-state index is 12.5. The monoisotopic (exact) mass is 433 g/mol. The summed E-state index contributed by atoms with van der Waals surface area (Å²) in [5, 5.41) is 11.8. The zero-order valence-electron chi connectivity index (χ0n) is 18.0. The minimum atomic E-state index is -0.444. The van der Waals surface area contributed by atoms with Gasteiger partial charge in [-0.3, -0.25) is 14.9 Å². The number of H-pyrrole nitrogens is 1. The molecule has 2 aromatic rings. The van der Waals surface area contributed by atoms with E-state index in [1.807, 2.05) is 6.92 Å². The summed E-state index contributed by atoms with van der Waals surface area (Å²) in [6.45, 7) is 6.19. The second-order valence-electron chi connectivity index (χ2n) is 7.20. The van der Waals surface area contributed by atoms with E-state index in [1.165, 1.54) is 43.5 Å². The smallest absolute Gasteiger partial charge is 0.311 e. The SMILES string of the molecule is CCCCCCCCc1c(C)nc(SCc2cccc([N+](=O)[O-])c2OCC)[nH]c1=O. The van der Waals surface area contributed by atoms with Gasteiger partial charge < -0.3 is 9.72 Å². The molecule has 0 saturated carbocycles. The highest BCUT2D eigenvalue weighted by Gasteiger charge is 2.19. The number of ether oxygens (including phenoxy) is 1. The Morgan fingerprint density at radius 3 is 2.57 bits per heavy atom. The summed E-state index contributed by atoms with van der Waals surface area (Å²) in [5.41, 5.74) is 2.05. The molecule has 0 fully saturated rings. The van der Waals surface area contributed by atoms with Crippen LogP contribution in [0.3, 0.4) is 0 Å². The van der Waals surface area contributed by atoms with Gasteiger partial charge in [0.25, 0.3) is 5.56 Å². The van der Waals surface area contributed by atoms with E-state index in [9.17, 15) is 14.9 Å². The average Bonchev–Trinajstić information content (AvgIpc) is 2.71. The summed E-state index contributed by atoms with van der Waals surface area (Å²) in [4.78, 5) is 30.8. The Hall–Kier alpha value is -2.35. The lowest BCUT2D eigenvalue weighted by atomic mass is 10.1. The number of aromatic nitrogens is 2. The highest BCUT2D eigenvalue weighted by Crippen LogP contribution is 2.34. The van der Waals surface area contributed by atoms with Crippen LogP contribution >= 0.6 is 11.8 Å². The maximum Gasteiger partial charge on any atom is 0.311 e. The van der Waals surface area contributed by atoms with Crippen LogP contribution in [0.5, 0.6) is 5.75 Å². The Bertz CT molecular complexity index is 898. The molecule has 0 atom stereocenters. The highest BCUT2D eigenvalue weighted by atomic mass is 32.2. The van der Waals surface area contributed by atoms with E-state index in [4.69, 9.17) is 4.74 Å². The highest BCUT2D eigenvalue weighted by molar-refractivity contribution is 7.98. The zero-order chi connectivity index (χ0) is 21.9. The second kappa shape index (κ2) is 12.4. The summed E-state index contributed by atoms with van der Waals surface area (Å²) >= 11 is 1.34. The molecule has 1 aromatic carbocycles. The number of benzene rings is 1. The molecule has 164 valence electrons. The van der Waals surface area contributed by atoms with Crippen molar-refractivity contribution in [2.24, 2.45) is 0 Å². The maximum atomic E-state index is 12.5. The fraction of sp³-hybridized carbons (Fsp3) is 0.545. The lowest BCUT2D eigenvalue weighted by Crippen LogP contribution is -2.17. The van der Waals surface area contributed by atoms with Gasteiger partial charge in [-0.25, -0.2) is 4.98 Å². The molecular weight excluding hydrogens is 402 g/mol. The van der Waals surface area contributed by atoms with Crippen LogP contribution in [0, 0.1) is 17.0 Å². The molecule has 0 amide bonds. The number of aryl methyl sites for hydroxylation is 1. The quantitative estimate of drug-likeness (QED) is 0.146. The summed E-state index contributed by atoms with van der Waals surface area (Å²) in [5.74, 6) is 0.687. The van der Waals surface area contributed by atoms with Gasteiger partial charge in [0.15, 0.2) is 5.16 Å². The van der Waals surface area contributed by atoms with Crippen LogP contribution in [0.1, 0.15) is 69.2 Å². The third kappa shape index (κ3) is 6.86. The number of hydrogen-bond acceptors (Lipinski definition) is 6. The first-order chi connectivity index (χ1) is 14.5. The Kier molecular flexibility index (Phi) is 9.86. The largest absolute Gasteiger partial charge is 0.487 e. The number of rotatable bonds is 13. The van der Waals surface area contributed by atoms with Crippen LogP contribution < -0.4 is 10.3 Å². The van der Waals surface area contributed by atoms with Gasteiger partial charge in [-0.15, -0.1) is 0 Å². The lowest BCUT2D eigenvalue weighted by Gasteiger charge is -2.11. The minimum Gasteiger partial charge on any atom is -0.487 e. The zero-order valence-corrected chi connectivity index (χ0v) is 18.8. The van der Waals surface area contributed by atoms with Crippen molar-refractivity contribution in [3.05, 3.63) is 55.5 Å². The fourth-order valence-corrected chi connectivity index (χ4v) is 4.20. The van der Waals surface area contributed by atoms with Gasteiger partial charge >= 0.3 is 5.69 Å². The van der Waals surface area contributed by atoms with E-state index in [0.717, 1.165) is 30.5 Å². The molecule has 0 aliphatic rings. The molecule has 0 saturated heterocycles. The topological polar surface area (TPSA) is 98.1 Å². The summed E-state index contributed by atoms with van der Waals surface area (Å²) in [7, 11) is 0. The Labute approximate surface area is 181 Å². The molecule has 0 unspecified atom stereocenters. The summed E-state index contributed by atoms with van der Waals surface area (Å²) < 4.78 is 5.52. The van der Waals surface area contributed by atoms with Gasteiger partial charge in [-0.2, -0.15) is 0 Å². The number of nitrogens with zero attached hydrogens (tertiary/aromatic N) is 2. The molecule has 0 aliphatic carbocycles. The van der Waals surface area contributed by atoms with Crippen LogP contribution in [0.15, 0.2) is 28.2 Å². The Balaban J connectivity index is 2.04. The number of thioether (sulfide) groups is 1. The standard InChI is InChI=1S/C22H31N3O4S/c1-4-6-7-8-9-10-13-18-16(3)23-22(24-21(18)26)30-15-17-12-11-14-19(25(27)28)20(17)29-5-2/h11-12,14H,4-10,13,15H2,1-3H3,(H,23,24,26). The number of nitro groups is 1. The minimum absolute atomic E-state index is 0.0538. The van der Waals surface area contributed by atoms with Crippen molar-refractivity contribution in [1.82, 2.24) is 9.97 Å². The van der Waals surface area contributed by atoms with Crippen molar-refractivity contribution in [2.45, 2.75) is 76.6 Å². The molecular formula is C22H31N3O4S. The molecule has 7 nitrogen and oxygen atoms in total. The van der Waals surface area contributed by atoms with Crippen LogP contribution in [0.2, 0.25) is 0 Å². The van der Waals surface area contributed by atoms with Crippen LogP contribution in [0.4, 0.5) is 5.69 Å². The molecule has 2 rings (SSSR count). The van der Waals surface area contributed by atoms with E-state index < -0.39 is 4.92 Å². The average molecular weight is 434 g/mol. The summed E-state index contributed by atoms with van der Waals surface area (Å²) in [6, 6.07) is 4.87. The number of hydrogen-bond donors (Lipinski definition) is 1. The summed E-state index contributed by atoms with van der Waals surface area (Å²) in [6.07, 6.45) is 7.81. The van der Waals surface area contributed by atoms with Gasteiger partial charge in [0.05, 0.1) is 11.5 Å². The van der Waals surface area contributed by atoms with E-state index in [1.54, 1.807) is 19.1 Å². The van der Waals surface area contributed by atoms with Crippen LogP contribution in [-0.4, -0.2) is 21.5 Å². The molecule has 30 heavy (non-hydrogen) atoms. The molecule has 8 heteroatoms. The predicted octanol–water partition coefficient (Wildman–Crippen LogP) is 5.58. The third-order valence-electron chi connectivity index (χ3n) is 4.91. The molecule has 1 heterocycles. The third-order valence-corrected chi connectivity index (χ3v) is 5.83. The first kappa shape index (κ1) is 23.9. The second-order valence-corrected chi connectivity index (χ2v) is 8.16. The van der Waals surface area contributed by atoms with Gasteiger partial charge in [0, 0.05) is 28.6 Å². The Morgan fingerprint density at radius 2 is 1.90 bits per heavy atom. The molecule has 0 bridgehead atoms. The van der Waals surface area contributed by atoms with E-state index in [-0.39, 0.29) is 17.0 Å². The van der Waals surface area contributed by atoms with Gasteiger partial charge in [-0.1, -0.05) is 62.9 Å². The van der Waals surface area contributed by atoms with Crippen LogP contribution in [-0.2, 0) is 12.2 Å². The number of nitrogens with one attached hydrogen (secondary N) is 1. The number of aromatic amines is 1.